The van der Waals surface area contributed by atoms with Crippen molar-refractivity contribution in [2.24, 2.45) is 0 Å². The Morgan fingerprint density at radius 3 is 2.30 bits per heavy atom. The Morgan fingerprint density at radius 1 is 1.11 bits per heavy atom. The van der Waals surface area contributed by atoms with Crippen LogP contribution in [0.15, 0.2) is 65.4 Å². The minimum absolute atomic E-state index is 0.137. The van der Waals surface area contributed by atoms with E-state index in [2.05, 4.69) is 0 Å². The van der Waals surface area contributed by atoms with E-state index in [1.165, 1.54) is 24.3 Å². The van der Waals surface area contributed by atoms with Gasteiger partial charge >= 0.3 is 0 Å². The largest absolute Gasteiger partial charge is 0.466 e. The molecule has 0 saturated heterocycles. The molecule has 0 N–H and O–H groups in total. The zero-order chi connectivity index (χ0) is 19.6. The molecule has 1 aliphatic heterocycles. The van der Waals surface area contributed by atoms with Gasteiger partial charge in [-0.15, -0.1) is 0 Å². The minimum atomic E-state index is -3.33. The highest BCUT2D eigenvalue weighted by Gasteiger charge is 2.39. The van der Waals surface area contributed by atoms with Crippen LogP contribution in [0.3, 0.4) is 0 Å². The third-order valence-corrected chi connectivity index (χ3v) is 7.88. The van der Waals surface area contributed by atoms with Crippen molar-refractivity contribution < 1.29 is 27.1 Å². The first kappa shape index (κ1) is 19.3. The van der Waals surface area contributed by atoms with Gasteiger partial charge in [-0.3, -0.25) is 4.79 Å². The number of allylic oxidation sites excluding steroid dienone is 1. The maximum Gasteiger partial charge on any atom is 0.284 e. The Labute approximate surface area is 159 Å². The number of carbonyl (C=O) groups is 1. The van der Waals surface area contributed by atoms with Crippen molar-refractivity contribution in [3.05, 3.63) is 71.9 Å². The van der Waals surface area contributed by atoms with Crippen LogP contribution in [0.1, 0.15) is 18.0 Å². The van der Waals surface area contributed by atoms with Crippen LogP contribution in [0, 0.1) is 5.82 Å². The van der Waals surface area contributed by atoms with Crippen LogP contribution in [0.4, 0.5) is 9.18 Å². The summed E-state index contributed by atoms with van der Waals surface area (Å²) in [4.78, 5) is 12.9. The van der Waals surface area contributed by atoms with Gasteiger partial charge in [0.25, 0.3) is 11.5 Å². The molecule has 8 heteroatoms. The summed E-state index contributed by atoms with van der Waals surface area (Å²) in [5.74, 6) is -0.226. The molecule has 1 heterocycles. The summed E-state index contributed by atoms with van der Waals surface area (Å²) in [5.41, 5.74) is 0.0289. The third-order valence-electron chi connectivity index (χ3n) is 4.14. The van der Waals surface area contributed by atoms with Gasteiger partial charge in [-0.2, -0.15) is 0 Å². The summed E-state index contributed by atoms with van der Waals surface area (Å²) in [7, 11) is -5.28. The SMILES string of the molecule is CCOC1=CC(c2ccc(F)cc2)[Si](c2ccc(S(C)(=O)=O)cc2)C(=O)O1. The Kier molecular flexibility index (Phi) is 5.47. The summed E-state index contributed by atoms with van der Waals surface area (Å²) in [6.45, 7) is 2.13. The highest BCUT2D eigenvalue weighted by Crippen LogP contribution is 2.29. The fourth-order valence-corrected chi connectivity index (χ4v) is 5.90. The molecule has 2 aromatic carbocycles. The highest BCUT2D eigenvalue weighted by atomic mass is 32.2. The molecule has 0 spiro atoms. The molecule has 1 unspecified atom stereocenters. The summed E-state index contributed by atoms with van der Waals surface area (Å²) >= 11 is 0. The van der Waals surface area contributed by atoms with E-state index in [4.69, 9.17) is 9.47 Å². The van der Waals surface area contributed by atoms with E-state index in [1.807, 2.05) is 0 Å². The Morgan fingerprint density at radius 2 is 1.74 bits per heavy atom. The summed E-state index contributed by atoms with van der Waals surface area (Å²) in [5, 5.41) is 0.707. The van der Waals surface area contributed by atoms with E-state index in [1.54, 1.807) is 37.3 Å². The molecule has 27 heavy (non-hydrogen) atoms. The lowest BCUT2D eigenvalue weighted by Crippen LogP contribution is -2.47. The molecular formula is C19H18FO5SSi. The van der Waals surface area contributed by atoms with Crippen molar-refractivity contribution in [3.8, 4) is 0 Å². The Hall–Kier alpha value is -2.45. The lowest BCUT2D eigenvalue weighted by Gasteiger charge is -2.27. The third kappa shape index (κ3) is 4.28. The van der Waals surface area contributed by atoms with Crippen molar-refractivity contribution in [2.75, 3.05) is 12.9 Å². The molecule has 141 valence electrons. The normalized spacial score (nSPS) is 18.0. The number of sulfone groups is 1. The van der Waals surface area contributed by atoms with Crippen LogP contribution in [0.2, 0.25) is 0 Å². The zero-order valence-electron chi connectivity index (χ0n) is 14.8. The van der Waals surface area contributed by atoms with E-state index in [0.29, 0.717) is 11.8 Å². The van der Waals surface area contributed by atoms with E-state index in [0.717, 1.165) is 11.8 Å². The van der Waals surface area contributed by atoms with Crippen molar-refractivity contribution in [3.63, 3.8) is 0 Å². The molecule has 0 fully saturated rings. The summed E-state index contributed by atoms with van der Waals surface area (Å²) in [6, 6.07) is 12.2. The minimum Gasteiger partial charge on any atom is -0.466 e. The van der Waals surface area contributed by atoms with Crippen molar-refractivity contribution in [1.82, 2.24) is 0 Å². The molecule has 0 saturated carbocycles. The first-order valence-electron chi connectivity index (χ1n) is 8.29. The van der Waals surface area contributed by atoms with E-state index in [-0.39, 0.29) is 22.2 Å². The average molecular weight is 405 g/mol. The van der Waals surface area contributed by atoms with Crippen LogP contribution in [0.5, 0.6) is 0 Å². The number of hydrogen-bond acceptors (Lipinski definition) is 5. The van der Waals surface area contributed by atoms with Crippen LogP contribution >= 0.6 is 0 Å². The molecule has 0 amide bonds. The van der Waals surface area contributed by atoms with Crippen molar-refractivity contribution in [1.29, 1.82) is 0 Å². The first-order valence-corrected chi connectivity index (χ1v) is 11.8. The second-order valence-corrected chi connectivity index (χ2v) is 10.5. The highest BCUT2D eigenvalue weighted by molar-refractivity contribution is 7.90. The van der Waals surface area contributed by atoms with Crippen molar-refractivity contribution in [2.45, 2.75) is 17.4 Å². The van der Waals surface area contributed by atoms with Gasteiger partial charge in [0.1, 0.15) is 5.82 Å². The smallest absolute Gasteiger partial charge is 0.284 e. The van der Waals surface area contributed by atoms with Crippen LogP contribution < -0.4 is 5.19 Å². The predicted octanol–water partition coefficient (Wildman–Crippen LogP) is 2.86. The number of hydrogen-bond donors (Lipinski definition) is 0. The molecule has 2 aromatic rings. The monoisotopic (exact) mass is 405 g/mol. The molecule has 0 aromatic heterocycles. The maximum absolute atomic E-state index is 13.3. The van der Waals surface area contributed by atoms with Crippen molar-refractivity contribution >= 4 is 29.4 Å². The van der Waals surface area contributed by atoms with Gasteiger partial charge < -0.3 is 9.47 Å². The predicted molar refractivity (Wildman–Crippen MR) is 100 cm³/mol. The number of rotatable bonds is 5. The fraction of sp³-hybridized carbons (Fsp3) is 0.211. The molecule has 0 bridgehead atoms. The quantitative estimate of drug-likeness (QED) is 0.716. The molecule has 1 aliphatic rings. The number of benzene rings is 2. The molecule has 1 radical (unpaired) electrons. The molecule has 3 rings (SSSR count). The lowest BCUT2D eigenvalue weighted by molar-refractivity contribution is 0.0811. The van der Waals surface area contributed by atoms with E-state index in [9.17, 15) is 17.6 Å². The fourth-order valence-electron chi connectivity index (χ4n) is 2.86. The van der Waals surface area contributed by atoms with Gasteiger partial charge in [0.05, 0.1) is 11.5 Å². The number of halogens is 1. The maximum atomic E-state index is 13.3. The molecule has 0 aliphatic carbocycles. The summed E-state index contributed by atoms with van der Waals surface area (Å²) in [6.07, 6.45) is 2.86. The summed E-state index contributed by atoms with van der Waals surface area (Å²) < 4.78 is 47.3. The zero-order valence-corrected chi connectivity index (χ0v) is 16.6. The number of cyclic esters (lactones) is 1. The van der Waals surface area contributed by atoms with Gasteiger partial charge in [-0.05, 0) is 41.9 Å². The number of carbonyl (C=O) groups excluding carboxylic acids is 1. The van der Waals surface area contributed by atoms with Crippen LogP contribution in [-0.2, 0) is 19.3 Å². The van der Waals surface area contributed by atoms with Gasteiger partial charge in [-0.25, -0.2) is 12.8 Å². The van der Waals surface area contributed by atoms with Gasteiger partial charge in [-0.1, -0.05) is 24.3 Å². The standard InChI is InChI=1S/C19H18FO5SSi/c1-3-24-18-12-17(13-4-6-14(20)7-5-13)27(19(21)25-18)16-10-8-15(9-11-16)26(2,22)23/h4-12,17H,3H2,1-2H3. The van der Waals surface area contributed by atoms with Gasteiger partial charge in [0.2, 0.25) is 8.80 Å². The lowest BCUT2D eigenvalue weighted by atomic mass is 10.1. The number of ether oxygens (including phenoxy) is 2. The topological polar surface area (TPSA) is 69.7 Å². The Balaban J connectivity index is 2.05. The van der Waals surface area contributed by atoms with Gasteiger partial charge in [0.15, 0.2) is 9.84 Å². The second kappa shape index (κ2) is 7.65. The van der Waals surface area contributed by atoms with Crippen LogP contribution in [0.25, 0.3) is 0 Å². The molecular weight excluding hydrogens is 387 g/mol. The van der Waals surface area contributed by atoms with Gasteiger partial charge in [0, 0.05) is 17.9 Å². The van der Waals surface area contributed by atoms with Crippen LogP contribution in [-0.4, -0.2) is 35.7 Å². The average Bonchev–Trinajstić information content (AvgIpc) is 2.61. The Bertz CT molecular complexity index is 968. The second-order valence-electron chi connectivity index (χ2n) is 6.05. The molecule has 1 atom stereocenters. The van der Waals surface area contributed by atoms with E-state index < -0.39 is 24.2 Å². The first-order chi connectivity index (χ1) is 12.8. The molecule has 5 nitrogen and oxygen atoms in total. The van der Waals surface area contributed by atoms with E-state index >= 15 is 0 Å².